The first-order valence-corrected chi connectivity index (χ1v) is 7.29. The number of imidazole rings is 1. The summed E-state index contributed by atoms with van der Waals surface area (Å²) in [6.45, 7) is 0. The van der Waals surface area contributed by atoms with E-state index in [2.05, 4.69) is 21.4 Å². The van der Waals surface area contributed by atoms with Crippen LogP contribution in [0.25, 0.3) is 11.3 Å². The van der Waals surface area contributed by atoms with Crippen LogP contribution >= 0.6 is 0 Å². The van der Waals surface area contributed by atoms with E-state index in [1.54, 1.807) is 7.11 Å². The van der Waals surface area contributed by atoms with Gasteiger partial charge in [-0.3, -0.25) is 0 Å². The molecule has 0 amide bonds. The summed E-state index contributed by atoms with van der Waals surface area (Å²) in [5.41, 5.74) is 2.20. The Morgan fingerprint density at radius 2 is 2.25 bits per heavy atom. The van der Waals surface area contributed by atoms with Gasteiger partial charge in [0.05, 0.1) is 19.0 Å². The van der Waals surface area contributed by atoms with Gasteiger partial charge in [0, 0.05) is 23.6 Å². The zero-order valence-corrected chi connectivity index (χ0v) is 11.6. The van der Waals surface area contributed by atoms with E-state index in [1.165, 1.54) is 19.3 Å². The van der Waals surface area contributed by atoms with Gasteiger partial charge < -0.3 is 15.0 Å². The van der Waals surface area contributed by atoms with Crippen LogP contribution in [0.2, 0.25) is 0 Å². The Bertz CT molecular complexity index is 622. The lowest BCUT2D eigenvalue weighted by molar-refractivity contribution is 0.415. The largest absolute Gasteiger partial charge is 0.497 e. The van der Waals surface area contributed by atoms with E-state index >= 15 is 0 Å². The van der Waals surface area contributed by atoms with Gasteiger partial charge in [0.25, 0.3) is 0 Å². The van der Waals surface area contributed by atoms with Crippen LogP contribution in [0.1, 0.15) is 31.0 Å². The molecule has 0 radical (unpaired) electrons. The van der Waals surface area contributed by atoms with E-state index in [-0.39, 0.29) is 0 Å². The molecule has 2 aromatic rings. The first kappa shape index (κ1) is 12.0. The molecule has 4 rings (SSSR count). The van der Waals surface area contributed by atoms with Crippen molar-refractivity contribution in [1.82, 2.24) is 15.3 Å². The monoisotopic (exact) mass is 269 g/mol. The number of nitrogens with zero attached hydrogens (tertiary/aromatic N) is 1. The van der Waals surface area contributed by atoms with E-state index in [4.69, 9.17) is 4.74 Å². The highest BCUT2D eigenvalue weighted by molar-refractivity contribution is 5.60. The molecule has 4 heteroatoms. The standard InChI is InChI=1S/C16H19N3O/c1-20-12-4-2-3-10(7-12)15-9-17-16(19-15)13-8-11-5-6-14(13)18-11/h2-4,7,9,11,13-14,18H,5-6,8H2,1H3,(H,17,19). The molecule has 2 bridgehead atoms. The number of aromatic amines is 1. The van der Waals surface area contributed by atoms with Crippen molar-refractivity contribution in [3.63, 3.8) is 0 Å². The summed E-state index contributed by atoms with van der Waals surface area (Å²) in [5.74, 6) is 2.55. The molecule has 2 aliphatic heterocycles. The van der Waals surface area contributed by atoms with Crippen LogP contribution in [0.3, 0.4) is 0 Å². The highest BCUT2D eigenvalue weighted by Gasteiger charge is 2.41. The van der Waals surface area contributed by atoms with Crippen LogP contribution in [0, 0.1) is 0 Å². The fraction of sp³-hybridized carbons (Fsp3) is 0.438. The fourth-order valence-electron chi connectivity index (χ4n) is 3.59. The topological polar surface area (TPSA) is 49.9 Å². The number of aromatic nitrogens is 2. The van der Waals surface area contributed by atoms with Crippen molar-refractivity contribution in [2.24, 2.45) is 0 Å². The molecule has 0 saturated carbocycles. The number of methoxy groups -OCH3 is 1. The first-order valence-electron chi connectivity index (χ1n) is 7.29. The third kappa shape index (κ3) is 1.91. The molecule has 1 aromatic carbocycles. The second-order valence-corrected chi connectivity index (χ2v) is 5.80. The van der Waals surface area contributed by atoms with Gasteiger partial charge in [-0.05, 0) is 31.4 Å². The van der Waals surface area contributed by atoms with Crippen molar-refractivity contribution in [2.45, 2.75) is 37.3 Å². The van der Waals surface area contributed by atoms with Crippen LogP contribution < -0.4 is 10.1 Å². The Kier molecular flexibility index (Phi) is 2.77. The second-order valence-electron chi connectivity index (χ2n) is 5.80. The Hall–Kier alpha value is -1.81. The van der Waals surface area contributed by atoms with Crippen molar-refractivity contribution in [3.8, 4) is 17.0 Å². The summed E-state index contributed by atoms with van der Waals surface area (Å²) in [6, 6.07) is 9.41. The van der Waals surface area contributed by atoms with E-state index in [1.807, 2.05) is 24.4 Å². The van der Waals surface area contributed by atoms with Crippen LogP contribution in [0.4, 0.5) is 0 Å². The average molecular weight is 269 g/mol. The molecule has 2 saturated heterocycles. The molecular formula is C16H19N3O. The maximum absolute atomic E-state index is 5.28. The number of benzene rings is 1. The average Bonchev–Trinajstić information content (AvgIpc) is 3.22. The Balaban J connectivity index is 1.61. The van der Waals surface area contributed by atoms with E-state index in [9.17, 15) is 0 Å². The summed E-state index contributed by atoms with van der Waals surface area (Å²) >= 11 is 0. The first-order chi connectivity index (χ1) is 9.83. The maximum atomic E-state index is 5.28. The molecule has 1 aromatic heterocycles. The lowest BCUT2D eigenvalue weighted by Crippen LogP contribution is -2.22. The summed E-state index contributed by atoms with van der Waals surface area (Å²) in [5, 5.41) is 3.66. The highest BCUT2D eigenvalue weighted by Crippen LogP contribution is 2.39. The summed E-state index contributed by atoms with van der Waals surface area (Å²) in [7, 11) is 1.69. The molecule has 2 aliphatic rings. The number of nitrogens with one attached hydrogen (secondary N) is 2. The van der Waals surface area contributed by atoms with Gasteiger partial charge in [0.1, 0.15) is 11.6 Å². The van der Waals surface area contributed by atoms with Gasteiger partial charge in [-0.15, -0.1) is 0 Å². The van der Waals surface area contributed by atoms with Gasteiger partial charge in [-0.25, -0.2) is 4.98 Å². The minimum absolute atomic E-state index is 0.549. The number of rotatable bonds is 3. The number of ether oxygens (including phenoxy) is 1. The molecule has 104 valence electrons. The summed E-state index contributed by atoms with van der Waals surface area (Å²) < 4.78 is 5.28. The van der Waals surface area contributed by atoms with Crippen molar-refractivity contribution >= 4 is 0 Å². The Morgan fingerprint density at radius 1 is 1.30 bits per heavy atom. The van der Waals surface area contributed by atoms with Crippen molar-refractivity contribution in [1.29, 1.82) is 0 Å². The predicted molar refractivity (Wildman–Crippen MR) is 77.9 cm³/mol. The molecule has 3 heterocycles. The molecule has 2 fully saturated rings. The molecular weight excluding hydrogens is 250 g/mol. The quantitative estimate of drug-likeness (QED) is 0.900. The molecule has 0 aliphatic carbocycles. The maximum Gasteiger partial charge on any atom is 0.119 e. The third-order valence-electron chi connectivity index (χ3n) is 4.63. The zero-order valence-electron chi connectivity index (χ0n) is 11.6. The van der Waals surface area contributed by atoms with Gasteiger partial charge in [0.2, 0.25) is 0 Å². The second kappa shape index (κ2) is 4.63. The molecule has 20 heavy (non-hydrogen) atoms. The highest BCUT2D eigenvalue weighted by atomic mass is 16.5. The predicted octanol–water partition coefficient (Wildman–Crippen LogP) is 2.69. The van der Waals surface area contributed by atoms with Crippen molar-refractivity contribution in [3.05, 3.63) is 36.3 Å². The van der Waals surface area contributed by atoms with E-state index < -0.39 is 0 Å². The molecule has 3 unspecified atom stereocenters. The summed E-state index contributed by atoms with van der Waals surface area (Å²) in [4.78, 5) is 8.11. The number of H-pyrrole nitrogens is 1. The minimum Gasteiger partial charge on any atom is -0.497 e. The summed E-state index contributed by atoms with van der Waals surface area (Å²) in [6.07, 6.45) is 5.76. The van der Waals surface area contributed by atoms with Gasteiger partial charge in [0.15, 0.2) is 0 Å². The van der Waals surface area contributed by atoms with Crippen LogP contribution in [0.5, 0.6) is 5.75 Å². The molecule has 4 nitrogen and oxygen atoms in total. The number of hydrogen-bond donors (Lipinski definition) is 2. The van der Waals surface area contributed by atoms with Gasteiger partial charge in [-0.1, -0.05) is 12.1 Å². The minimum atomic E-state index is 0.549. The normalized spacial score (nSPS) is 27.9. The molecule has 0 spiro atoms. The Morgan fingerprint density at radius 3 is 3.00 bits per heavy atom. The zero-order chi connectivity index (χ0) is 13.5. The lowest BCUT2D eigenvalue weighted by atomic mass is 9.89. The van der Waals surface area contributed by atoms with Crippen LogP contribution in [0.15, 0.2) is 30.5 Å². The van der Waals surface area contributed by atoms with Crippen molar-refractivity contribution in [2.75, 3.05) is 7.11 Å². The van der Waals surface area contributed by atoms with Gasteiger partial charge in [-0.2, -0.15) is 0 Å². The number of fused-ring (bicyclic) bond motifs is 2. The molecule has 2 N–H and O–H groups in total. The van der Waals surface area contributed by atoms with Crippen LogP contribution in [-0.2, 0) is 0 Å². The van der Waals surface area contributed by atoms with E-state index in [0.717, 1.165) is 22.8 Å². The molecule has 3 atom stereocenters. The Labute approximate surface area is 118 Å². The van der Waals surface area contributed by atoms with Crippen molar-refractivity contribution < 1.29 is 4.74 Å². The fourth-order valence-corrected chi connectivity index (χ4v) is 3.59. The SMILES string of the molecule is COc1cccc(-c2cnc(C3CC4CCC3N4)[nH]2)c1. The number of hydrogen-bond acceptors (Lipinski definition) is 3. The van der Waals surface area contributed by atoms with E-state index in [0.29, 0.717) is 18.0 Å². The third-order valence-corrected chi connectivity index (χ3v) is 4.63. The lowest BCUT2D eigenvalue weighted by Gasteiger charge is -2.17. The smallest absolute Gasteiger partial charge is 0.119 e. The van der Waals surface area contributed by atoms with Gasteiger partial charge >= 0.3 is 0 Å². The van der Waals surface area contributed by atoms with Crippen LogP contribution in [-0.4, -0.2) is 29.2 Å².